The molecule has 5 heteroatoms. The van der Waals surface area contributed by atoms with Crippen molar-refractivity contribution in [1.82, 2.24) is 10.3 Å². The quantitative estimate of drug-likeness (QED) is 0.790. The van der Waals surface area contributed by atoms with Crippen molar-refractivity contribution < 1.29 is 4.79 Å². The Labute approximate surface area is 142 Å². The third-order valence-corrected chi connectivity index (χ3v) is 3.94. The van der Waals surface area contributed by atoms with Gasteiger partial charge in [-0.05, 0) is 63.9 Å². The first-order valence-electron chi connectivity index (χ1n) is 8.13. The Hall–Kier alpha value is -2.56. The maximum Gasteiger partial charge on any atom is 0.253 e. The summed E-state index contributed by atoms with van der Waals surface area (Å²) in [5.74, 6) is -0.181. The molecule has 0 atom stereocenters. The van der Waals surface area contributed by atoms with E-state index in [1.165, 1.54) is 0 Å². The van der Waals surface area contributed by atoms with Crippen LogP contribution >= 0.6 is 0 Å². The fourth-order valence-corrected chi connectivity index (χ4v) is 2.71. The number of rotatable bonds is 5. The highest BCUT2D eigenvalue weighted by Gasteiger charge is 2.13. The number of aryl methyl sites for hydroxylation is 2. The van der Waals surface area contributed by atoms with E-state index >= 15 is 0 Å². The van der Waals surface area contributed by atoms with E-state index < -0.39 is 0 Å². The number of hydrogen-bond donors (Lipinski definition) is 3. The molecule has 0 aliphatic heterocycles. The molecule has 0 saturated carbocycles. The largest absolute Gasteiger partial charge is 0.383 e. The lowest BCUT2D eigenvalue weighted by Crippen LogP contribution is -2.28. The lowest BCUT2D eigenvalue weighted by atomic mass is 10.0. The van der Waals surface area contributed by atoms with Gasteiger partial charge in [0, 0.05) is 35.1 Å². The highest BCUT2D eigenvalue weighted by atomic mass is 16.1. The van der Waals surface area contributed by atoms with Crippen molar-refractivity contribution in [3.05, 3.63) is 62.6 Å². The number of benzene rings is 1. The van der Waals surface area contributed by atoms with Gasteiger partial charge in [0.1, 0.15) is 0 Å². The van der Waals surface area contributed by atoms with Crippen LogP contribution in [-0.4, -0.2) is 16.9 Å². The van der Waals surface area contributed by atoms with Crippen LogP contribution in [-0.2, 0) is 6.54 Å². The summed E-state index contributed by atoms with van der Waals surface area (Å²) in [5.41, 5.74) is 4.59. The second kappa shape index (κ2) is 7.34. The first-order valence-corrected chi connectivity index (χ1v) is 8.13. The van der Waals surface area contributed by atoms with E-state index in [2.05, 4.69) is 29.5 Å². The van der Waals surface area contributed by atoms with Crippen LogP contribution in [0, 0.1) is 20.8 Å². The molecule has 1 aromatic carbocycles. The Morgan fingerprint density at radius 3 is 2.54 bits per heavy atom. The fourth-order valence-electron chi connectivity index (χ4n) is 2.71. The average molecular weight is 327 g/mol. The van der Waals surface area contributed by atoms with Crippen LogP contribution in [0.4, 0.5) is 5.69 Å². The third-order valence-electron chi connectivity index (χ3n) is 3.94. The van der Waals surface area contributed by atoms with Gasteiger partial charge in [0.05, 0.1) is 0 Å². The number of hydrogen-bond acceptors (Lipinski definition) is 3. The summed E-state index contributed by atoms with van der Waals surface area (Å²) in [6.45, 7) is 9.96. The first kappa shape index (κ1) is 17.8. The maximum absolute atomic E-state index is 12.5. The molecule has 1 aromatic heterocycles. The molecule has 1 amide bonds. The van der Waals surface area contributed by atoms with E-state index in [0.717, 1.165) is 22.5 Å². The summed E-state index contributed by atoms with van der Waals surface area (Å²) in [4.78, 5) is 27.3. The minimum atomic E-state index is -0.181. The lowest BCUT2D eigenvalue weighted by Gasteiger charge is -2.16. The predicted octanol–water partition coefficient (Wildman–Crippen LogP) is 3.05. The van der Waals surface area contributed by atoms with Gasteiger partial charge in [-0.2, -0.15) is 0 Å². The van der Waals surface area contributed by atoms with Crippen molar-refractivity contribution in [3.8, 4) is 0 Å². The second-order valence-electron chi connectivity index (χ2n) is 6.40. The third kappa shape index (κ3) is 4.04. The minimum Gasteiger partial charge on any atom is -0.383 e. The molecule has 3 N–H and O–H groups in total. The van der Waals surface area contributed by atoms with Crippen LogP contribution in [0.5, 0.6) is 0 Å². The van der Waals surface area contributed by atoms with Gasteiger partial charge in [-0.1, -0.05) is 6.07 Å². The van der Waals surface area contributed by atoms with Gasteiger partial charge in [0.25, 0.3) is 11.5 Å². The van der Waals surface area contributed by atoms with Crippen LogP contribution in [0.2, 0.25) is 0 Å². The van der Waals surface area contributed by atoms with Crippen molar-refractivity contribution in [2.24, 2.45) is 0 Å². The first-order chi connectivity index (χ1) is 11.3. The zero-order valence-corrected chi connectivity index (χ0v) is 14.9. The molecular formula is C19H25N3O2. The van der Waals surface area contributed by atoms with Crippen molar-refractivity contribution >= 4 is 11.6 Å². The predicted molar refractivity (Wildman–Crippen MR) is 97.6 cm³/mol. The smallest absolute Gasteiger partial charge is 0.253 e. The summed E-state index contributed by atoms with van der Waals surface area (Å²) >= 11 is 0. The van der Waals surface area contributed by atoms with Crippen molar-refractivity contribution in [2.45, 2.75) is 47.2 Å². The van der Waals surface area contributed by atoms with Crippen molar-refractivity contribution in [2.75, 3.05) is 5.32 Å². The number of carbonyl (C=O) groups is 1. The van der Waals surface area contributed by atoms with Gasteiger partial charge < -0.3 is 15.6 Å². The molecule has 2 aromatic rings. The number of carbonyl (C=O) groups excluding carboxylic acids is 1. The molecule has 1 heterocycles. The van der Waals surface area contributed by atoms with Gasteiger partial charge in [-0.3, -0.25) is 9.59 Å². The molecule has 0 unspecified atom stereocenters. The van der Waals surface area contributed by atoms with Gasteiger partial charge in [-0.15, -0.1) is 0 Å². The molecule has 5 nitrogen and oxygen atoms in total. The Morgan fingerprint density at radius 2 is 1.92 bits per heavy atom. The Kier molecular flexibility index (Phi) is 5.44. The average Bonchev–Trinajstić information content (AvgIpc) is 2.47. The maximum atomic E-state index is 12.5. The number of nitrogens with one attached hydrogen (secondary N) is 3. The lowest BCUT2D eigenvalue weighted by molar-refractivity contribution is 0.0950. The molecule has 0 aliphatic rings. The summed E-state index contributed by atoms with van der Waals surface area (Å²) in [6, 6.07) is 7.80. The molecule has 0 saturated heterocycles. The van der Waals surface area contributed by atoms with E-state index in [-0.39, 0.29) is 24.1 Å². The number of H-pyrrole nitrogens is 1. The number of aromatic amines is 1. The van der Waals surface area contributed by atoms with Gasteiger partial charge in [-0.25, -0.2) is 0 Å². The zero-order valence-electron chi connectivity index (χ0n) is 14.9. The molecular weight excluding hydrogens is 302 g/mol. The number of anilines is 1. The zero-order chi connectivity index (χ0) is 17.9. The Balaban J connectivity index is 2.18. The monoisotopic (exact) mass is 327 g/mol. The molecule has 0 radical (unpaired) electrons. The van der Waals surface area contributed by atoms with Crippen LogP contribution in [0.1, 0.15) is 46.6 Å². The van der Waals surface area contributed by atoms with Gasteiger partial charge >= 0.3 is 0 Å². The minimum absolute atomic E-state index is 0.153. The fraction of sp³-hybridized carbons (Fsp3) is 0.368. The van der Waals surface area contributed by atoms with Crippen molar-refractivity contribution in [3.63, 3.8) is 0 Å². The SMILES string of the molecule is Cc1cc(C)c(CNC(=O)c2cccc(NC(C)C)c2C)c(=O)[nH]1. The van der Waals surface area contributed by atoms with E-state index in [1.54, 1.807) is 6.07 Å². The van der Waals surface area contributed by atoms with Crippen LogP contribution < -0.4 is 16.2 Å². The molecule has 0 aliphatic carbocycles. The Bertz CT molecular complexity index is 807. The molecule has 0 spiro atoms. The van der Waals surface area contributed by atoms with E-state index in [0.29, 0.717) is 11.1 Å². The highest BCUT2D eigenvalue weighted by Crippen LogP contribution is 2.19. The van der Waals surface area contributed by atoms with Gasteiger partial charge in [0.2, 0.25) is 0 Å². The number of pyridine rings is 1. The summed E-state index contributed by atoms with van der Waals surface area (Å²) in [7, 11) is 0. The van der Waals surface area contributed by atoms with Gasteiger partial charge in [0.15, 0.2) is 0 Å². The molecule has 128 valence electrons. The second-order valence-corrected chi connectivity index (χ2v) is 6.40. The van der Waals surface area contributed by atoms with E-state index in [4.69, 9.17) is 0 Å². The van der Waals surface area contributed by atoms with Crippen LogP contribution in [0.25, 0.3) is 0 Å². The normalized spacial score (nSPS) is 10.8. The van der Waals surface area contributed by atoms with E-state index in [9.17, 15) is 9.59 Å². The molecule has 0 bridgehead atoms. The molecule has 0 fully saturated rings. The van der Waals surface area contributed by atoms with Crippen molar-refractivity contribution in [1.29, 1.82) is 0 Å². The summed E-state index contributed by atoms with van der Waals surface area (Å²) < 4.78 is 0. The summed E-state index contributed by atoms with van der Waals surface area (Å²) in [5, 5.41) is 6.18. The topological polar surface area (TPSA) is 74.0 Å². The number of amides is 1. The van der Waals surface area contributed by atoms with Crippen LogP contribution in [0.3, 0.4) is 0 Å². The standard InChI is InChI=1S/C19H25N3O2/c1-11(2)21-17-8-6-7-15(14(17)5)18(23)20-10-16-12(3)9-13(4)22-19(16)24/h6-9,11,21H,10H2,1-5H3,(H,20,23)(H,22,24). The Morgan fingerprint density at radius 1 is 1.21 bits per heavy atom. The summed E-state index contributed by atoms with van der Waals surface area (Å²) in [6.07, 6.45) is 0. The van der Waals surface area contributed by atoms with Crippen LogP contribution in [0.15, 0.2) is 29.1 Å². The highest BCUT2D eigenvalue weighted by molar-refractivity contribution is 5.97. The number of aromatic nitrogens is 1. The molecule has 2 rings (SSSR count). The molecule has 24 heavy (non-hydrogen) atoms. The van der Waals surface area contributed by atoms with E-state index in [1.807, 2.05) is 39.0 Å².